The summed E-state index contributed by atoms with van der Waals surface area (Å²) >= 11 is 0. The normalized spacial score (nSPS) is 25.9. The Balaban J connectivity index is 1.44. The molecule has 0 bridgehead atoms. The molecule has 1 N–H and O–H groups in total. The molecule has 1 aromatic heterocycles. The van der Waals surface area contributed by atoms with Crippen LogP contribution < -0.4 is 4.90 Å². The number of aliphatic hydroxyl groups is 1. The largest absolute Gasteiger partial charge is 0.511 e. The maximum absolute atomic E-state index is 15.3. The minimum atomic E-state index is -0.375. The highest BCUT2D eigenvalue weighted by Crippen LogP contribution is 2.54. The van der Waals surface area contributed by atoms with Crippen molar-refractivity contribution < 1.29 is 9.50 Å². The number of aromatic nitrogens is 2. The Kier molecular flexibility index (Phi) is 5.82. The van der Waals surface area contributed by atoms with Gasteiger partial charge in [0.2, 0.25) is 0 Å². The van der Waals surface area contributed by atoms with Crippen molar-refractivity contribution in [1.82, 2.24) is 9.78 Å². The molecule has 0 saturated carbocycles. The predicted octanol–water partition coefficient (Wildman–Crippen LogP) is 6.73. The Morgan fingerprint density at radius 2 is 1.76 bits per heavy atom. The van der Waals surface area contributed by atoms with Crippen LogP contribution in [0.1, 0.15) is 56.8 Å². The van der Waals surface area contributed by atoms with E-state index >= 15 is 4.39 Å². The zero-order valence-electron chi connectivity index (χ0n) is 21.5. The Labute approximate surface area is 217 Å². The van der Waals surface area contributed by atoms with Gasteiger partial charge in [-0.15, -0.1) is 0 Å². The molecule has 0 amide bonds. The number of piperidine rings is 1. The van der Waals surface area contributed by atoms with Crippen molar-refractivity contribution in [2.45, 2.75) is 57.4 Å². The highest BCUT2D eigenvalue weighted by molar-refractivity contribution is 5.67. The molecule has 3 aliphatic rings. The van der Waals surface area contributed by atoms with Crippen molar-refractivity contribution in [2.75, 3.05) is 18.0 Å². The summed E-state index contributed by atoms with van der Waals surface area (Å²) in [6, 6.07) is 19.9. The van der Waals surface area contributed by atoms with Crippen LogP contribution in [0.3, 0.4) is 0 Å². The number of para-hydroxylation sites is 1. The van der Waals surface area contributed by atoms with Gasteiger partial charge in [-0.2, -0.15) is 10.4 Å². The first-order chi connectivity index (χ1) is 17.9. The van der Waals surface area contributed by atoms with Crippen molar-refractivity contribution in [2.24, 2.45) is 11.8 Å². The van der Waals surface area contributed by atoms with E-state index in [1.807, 2.05) is 25.1 Å². The number of hydrogen-bond donors (Lipinski definition) is 1. The molecule has 1 aliphatic heterocycles. The molecule has 2 aliphatic carbocycles. The number of nitriles is 1. The van der Waals surface area contributed by atoms with E-state index in [1.54, 1.807) is 6.07 Å². The molecule has 2 aromatic carbocycles. The summed E-state index contributed by atoms with van der Waals surface area (Å²) in [6.45, 7) is 6.05. The second-order valence-electron chi connectivity index (χ2n) is 11.2. The third-order valence-corrected chi connectivity index (χ3v) is 9.16. The summed E-state index contributed by atoms with van der Waals surface area (Å²) in [5.74, 6) is 0.0924. The minimum Gasteiger partial charge on any atom is -0.511 e. The fourth-order valence-corrected chi connectivity index (χ4v) is 7.21. The average Bonchev–Trinajstić information content (AvgIpc) is 3.32. The van der Waals surface area contributed by atoms with Crippen molar-refractivity contribution in [3.8, 4) is 17.3 Å². The Morgan fingerprint density at radius 1 is 1.05 bits per heavy atom. The van der Waals surface area contributed by atoms with Gasteiger partial charge in [0.25, 0.3) is 0 Å². The van der Waals surface area contributed by atoms with Gasteiger partial charge in [0, 0.05) is 41.2 Å². The summed E-state index contributed by atoms with van der Waals surface area (Å²) in [7, 11) is 0. The number of fused-ring (bicyclic) bond motifs is 3. The number of rotatable bonds is 3. The van der Waals surface area contributed by atoms with Crippen LogP contribution in [0.5, 0.6) is 0 Å². The summed E-state index contributed by atoms with van der Waals surface area (Å²) < 4.78 is 17.4. The molecular formula is C31H33FN4O. The molecule has 5 nitrogen and oxygen atoms in total. The maximum atomic E-state index is 15.3. The number of halogens is 1. The summed E-state index contributed by atoms with van der Waals surface area (Å²) in [5.41, 5.74) is 4.91. The average molecular weight is 497 g/mol. The first kappa shape index (κ1) is 23.8. The molecule has 0 spiro atoms. The van der Waals surface area contributed by atoms with Gasteiger partial charge >= 0.3 is 0 Å². The molecule has 1 fully saturated rings. The summed E-state index contributed by atoms with van der Waals surface area (Å²) in [4.78, 5) is 2.41. The van der Waals surface area contributed by atoms with E-state index in [0.717, 1.165) is 55.7 Å². The minimum absolute atomic E-state index is 0.0993. The quantitative estimate of drug-likeness (QED) is 0.437. The van der Waals surface area contributed by atoms with Gasteiger partial charge in [-0.3, -0.25) is 4.68 Å². The smallest absolute Gasteiger partial charge is 0.132 e. The van der Waals surface area contributed by atoms with Gasteiger partial charge < -0.3 is 10.0 Å². The monoisotopic (exact) mass is 496 g/mol. The molecule has 190 valence electrons. The Hall–Kier alpha value is -3.59. The zero-order valence-corrected chi connectivity index (χ0v) is 21.5. The molecule has 0 unspecified atom stereocenters. The lowest BCUT2D eigenvalue weighted by atomic mass is 9.57. The second-order valence-corrected chi connectivity index (χ2v) is 11.2. The molecule has 1 saturated heterocycles. The number of nitrogens with zero attached hydrogens (tertiary/aromatic N) is 4. The molecule has 2 heterocycles. The van der Waals surface area contributed by atoms with E-state index in [4.69, 9.17) is 5.10 Å². The van der Waals surface area contributed by atoms with Gasteiger partial charge in [0.15, 0.2) is 0 Å². The van der Waals surface area contributed by atoms with Crippen LogP contribution >= 0.6 is 0 Å². The van der Waals surface area contributed by atoms with Crippen LogP contribution in [0.2, 0.25) is 0 Å². The van der Waals surface area contributed by atoms with Gasteiger partial charge in [-0.25, -0.2) is 4.39 Å². The molecule has 3 aromatic rings. The topological polar surface area (TPSA) is 65.1 Å². The molecule has 6 heteroatoms. The van der Waals surface area contributed by atoms with E-state index in [0.29, 0.717) is 17.6 Å². The standard InChI is InChI=1S/C31H33FN4O/c1-20-26-13-12-25-28(24-10-6-7-11-27(24)32)36(34-30(25)31(26,2)18-21(19-33)29(20)37)23-14-16-35(17-15-23)22-8-4-3-5-9-22/h3-11,20,23,26,37H,12-18H2,1-2H3/t20-,26-,31-/m1/s1. The lowest BCUT2D eigenvalue weighted by Crippen LogP contribution is -2.44. The Morgan fingerprint density at radius 3 is 2.46 bits per heavy atom. The number of anilines is 1. The molecule has 6 rings (SSSR count). The first-order valence-electron chi connectivity index (χ1n) is 13.4. The molecule has 37 heavy (non-hydrogen) atoms. The first-order valence-corrected chi connectivity index (χ1v) is 13.4. The second kappa shape index (κ2) is 9.06. The SMILES string of the molecule is C[C@H]1C(O)=C(C#N)C[C@@]2(C)c3nn(C4CCN(c5ccccc5)CC4)c(-c4ccccc4F)c3CC[C@H]12. The van der Waals surface area contributed by atoms with Crippen molar-refractivity contribution in [3.63, 3.8) is 0 Å². The third kappa shape index (κ3) is 3.75. The van der Waals surface area contributed by atoms with Crippen LogP contribution in [0.15, 0.2) is 65.9 Å². The van der Waals surface area contributed by atoms with Gasteiger partial charge in [0.1, 0.15) is 11.6 Å². The molecule has 3 atom stereocenters. The number of aliphatic hydroxyl groups excluding tert-OH is 1. The van der Waals surface area contributed by atoms with Crippen LogP contribution in [0, 0.1) is 29.0 Å². The van der Waals surface area contributed by atoms with E-state index < -0.39 is 0 Å². The molecular weight excluding hydrogens is 463 g/mol. The number of hydrogen-bond acceptors (Lipinski definition) is 4. The molecule has 0 radical (unpaired) electrons. The van der Waals surface area contributed by atoms with Gasteiger partial charge in [-0.1, -0.05) is 44.2 Å². The lowest BCUT2D eigenvalue weighted by molar-refractivity contribution is 0.135. The van der Waals surface area contributed by atoms with Crippen LogP contribution in [0.4, 0.5) is 10.1 Å². The van der Waals surface area contributed by atoms with E-state index in [2.05, 4.69) is 46.8 Å². The van der Waals surface area contributed by atoms with Crippen molar-refractivity contribution in [3.05, 3.63) is 83.0 Å². The zero-order chi connectivity index (χ0) is 25.7. The van der Waals surface area contributed by atoms with Crippen molar-refractivity contribution >= 4 is 5.69 Å². The van der Waals surface area contributed by atoms with Crippen molar-refractivity contribution in [1.29, 1.82) is 5.26 Å². The van der Waals surface area contributed by atoms with Crippen LogP contribution in [0.25, 0.3) is 11.3 Å². The fourth-order valence-electron chi connectivity index (χ4n) is 7.21. The van der Waals surface area contributed by atoms with E-state index in [9.17, 15) is 10.4 Å². The maximum Gasteiger partial charge on any atom is 0.132 e. The highest BCUT2D eigenvalue weighted by atomic mass is 19.1. The van der Waals surface area contributed by atoms with Gasteiger partial charge in [-0.05, 0) is 62.3 Å². The number of benzene rings is 2. The number of allylic oxidation sites excluding steroid dienone is 2. The van der Waals surface area contributed by atoms with Crippen LogP contribution in [-0.4, -0.2) is 28.0 Å². The third-order valence-electron chi connectivity index (χ3n) is 9.16. The summed E-state index contributed by atoms with van der Waals surface area (Å²) in [5, 5.41) is 25.8. The fraction of sp³-hybridized carbons (Fsp3) is 0.419. The van der Waals surface area contributed by atoms with E-state index in [1.165, 1.54) is 11.8 Å². The predicted molar refractivity (Wildman–Crippen MR) is 143 cm³/mol. The van der Waals surface area contributed by atoms with Crippen LogP contribution in [-0.2, 0) is 11.8 Å². The Bertz CT molecular complexity index is 1400. The highest BCUT2D eigenvalue weighted by Gasteiger charge is 2.51. The summed E-state index contributed by atoms with van der Waals surface area (Å²) in [6.07, 6.45) is 4.00. The lowest BCUT2D eigenvalue weighted by Gasteiger charge is -2.46. The van der Waals surface area contributed by atoms with E-state index in [-0.39, 0.29) is 34.9 Å². The van der Waals surface area contributed by atoms with Gasteiger partial charge in [0.05, 0.1) is 29.1 Å².